The van der Waals surface area contributed by atoms with E-state index in [0.717, 1.165) is 33.7 Å². The van der Waals surface area contributed by atoms with Gasteiger partial charge in [0.1, 0.15) is 11.5 Å². The molecule has 1 N–H and O–H groups in total. The van der Waals surface area contributed by atoms with E-state index in [1.807, 2.05) is 84.9 Å². The van der Waals surface area contributed by atoms with Crippen LogP contribution in [0.3, 0.4) is 0 Å². The summed E-state index contributed by atoms with van der Waals surface area (Å²) in [5, 5.41) is 8.90. The molecule has 0 aliphatic rings. The molecule has 0 saturated carbocycles. The number of nitrogens with zero attached hydrogens (tertiary/aromatic N) is 2. The van der Waals surface area contributed by atoms with E-state index < -0.39 is 12.1 Å². The van der Waals surface area contributed by atoms with Crippen LogP contribution in [-0.4, -0.2) is 26.8 Å². The number of pyridine rings is 2. The fourth-order valence-corrected chi connectivity index (χ4v) is 4.01. The van der Waals surface area contributed by atoms with Crippen molar-refractivity contribution < 1.29 is 27.8 Å². The lowest BCUT2D eigenvalue weighted by molar-refractivity contribution is -0.192. The van der Waals surface area contributed by atoms with Crippen molar-refractivity contribution in [3.8, 4) is 22.8 Å². The summed E-state index contributed by atoms with van der Waals surface area (Å²) in [7, 11) is 0. The number of carboxylic acids is 1. The second-order valence-corrected chi connectivity index (χ2v) is 8.64. The lowest BCUT2D eigenvalue weighted by Crippen LogP contribution is -2.23. The number of fused-ring (bicyclic) bond motifs is 1. The molecule has 0 unspecified atom stereocenters. The summed E-state index contributed by atoms with van der Waals surface area (Å²) in [5.41, 5.74) is 2.52. The minimum absolute atomic E-state index is 0.128. The lowest BCUT2D eigenvalue weighted by Gasteiger charge is -2.16. The molecule has 5 rings (SSSR count). The Balaban J connectivity index is 0.000000448. The molecule has 10 heteroatoms. The highest BCUT2D eigenvalue weighted by Crippen LogP contribution is 2.29. The molecule has 0 aliphatic heterocycles. The van der Waals surface area contributed by atoms with Crippen LogP contribution in [0.25, 0.3) is 22.0 Å². The summed E-state index contributed by atoms with van der Waals surface area (Å²) in [4.78, 5) is 26.6. The van der Waals surface area contributed by atoms with Crippen LogP contribution in [0.5, 0.6) is 11.5 Å². The van der Waals surface area contributed by atoms with Crippen molar-refractivity contribution in [3.05, 3.63) is 124 Å². The molecule has 2 aromatic heterocycles. The topological polar surface area (TPSA) is 81.4 Å². The fraction of sp³-hybridized carbons (Fsp3) is 0.0690. The predicted octanol–water partition coefficient (Wildman–Crippen LogP) is 7.19. The van der Waals surface area contributed by atoms with E-state index in [9.17, 15) is 18.0 Å². The number of halogens is 4. The quantitative estimate of drug-likeness (QED) is 0.249. The molecular formula is C29H20ClF3N2O4. The van der Waals surface area contributed by atoms with Gasteiger partial charge in [0.2, 0.25) is 0 Å². The van der Waals surface area contributed by atoms with Crippen molar-refractivity contribution >= 4 is 28.3 Å². The predicted molar refractivity (Wildman–Crippen MR) is 142 cm³/mol. The summed E-state index contributed by atoms with van der Waals surface area (Å²) in [6.07, 6.45) is -1.60. The molecule has 0 bridgehead atoms. The lowest BCUT2D eigenvalue weighted by atomic mass is 10.1. The molecule has 0 saturated heterocycles. The van der Waals surface area contributed by atoms with Crippen LogP contribution in [0.2, 0.25) is 5.02 Å². The molecule has 2 heterocycles. The Morgan fingerprint density at radius 2 is 1.59 bits per heavy atom. The Morgan fingerprint density at radius 3 is 2.21 bits per heavy atom. The first-order valence-electron chi connectivity index (χ1n) is 11.5. The van der Waals surface area contributed by atoms with Gasteiger partial charge in [0.15, 0.2) is 0 Å². The normalized spacial score (nSPS) is 11.0. The monoisotopic (exact) mass is 552 g/mol. The molecule has 6 nitrogen and oxygen atoms in total. The highest BCUT2D eigenvalue weighted by Gasteiger charge is 2.38. The van der Waals surface area contributed by atoms with Crippen LogP contribution in [0.4, 0.5) is 13.2 Å². The van der Waals surface area contributed by atoms with E-state index in [2.05, 4.69) is 4.98 Å². The number of hydrogen-bond donors (Lipinski definition) is 1. The minimum Gasteiger partial charge on any atom is -0.475 e. The molecule has 198 valence electrons. The number of rotatable bonds is 5. The zero-order chi connectivity index (χ0) is 28.0. The second-order valence-electron chi connectivity index (χ2n) is 8.23. The zero-order valence-corrected chi connectivity index (χ0v) is 20.9. The van der Waals surface area contributed by atoms with Gasteiger partial charge in [0.25, 0.3) is 5.56 Å². The van der Waals surface area contributed by atoms with Gasteiger partial charge in [0.05, 0.1) is 22.6 Å². The molecule has 0 aliphatic carbocycles. The van der Waals surface area contributed by atoms with E-state index in [0.29, 0.717) is 17.0 Å². The number of aliphatic carboxylic acids is 1. The Bertz CT molecular complexity index is 1640. The third-order valence-corrected chi connectivity index (χ3v) is 5.84. The van der Waals surface area contributed by atoms with Gasteiger partial charge in [0, 0.05) is 12.4 Å². The van der Waals surface area contributed by atoms with Crippen molar-refractivity contribution in [1.29, 1.82) is 0 Å². The van der Waals surface area contributed by atoms with Crippen LogP contribution in [0, 0.1) is 0 Å². The third-order valence-electron chi connectivity index (χ3n) is 5.52. The highest BCUT2D eigenvalue weighted by molar-refractivity contribution is 6.35. The third kappa shape index (κ3) is 6.82. The SMILES string of the molecule is O=C(O)C(F)(F)F.O=c1c2c(Cl)cccc2cc(-c2ccc(Oc3ccccc3)cc2)n1Cc1cccnc1. The largest absolute Gasteiger partial charge is 0.490 e. The number of para-hydroxylation sites is 1. The van der Waals surface area contributed by atoms with Gasteiger partial charge >= 0.3 is 12.1 Å². The van der Waals surface area contributed by atoms with Gasteiger partial charge in [-0.15, -0.1) is 0 Å². The van der Waals surface area contributed by atoms with E-state index in [-0.39, 0.29) is 5.56 Å². The number of benzene rings is 3. The van der Waals surface area contributed by atoms with Gasteiger partial charge in [-0.25, -0.2) is 4.79 Å². The summed E-state index contributed by atoms with van der Waals surface area (Å²) in [5.74, 6) is -1.26. The van der Waals surface area contributed by atoms with Gasteiger partial charge in [-0.3, -0.25) is 9.78 Å². The number of carboxylic acid groups (broad SMARTS) is 1. The molecule has 5 aromatic rings. The average Bonchev–Trinajstić information content (AvgIpc) is 2.92. The molecule has 39 heavy (non-hydrogen) atoms. The average molecular weight is 553 g/mol. The van der Waals surface area contributed by atoms with Crippen LogP contribution in [-0.2, 0) is 11.3 Å². The Hall–Kier alpha value is -4.63. The van der Waals surface area contributed by atoms with Crippen LogP contribution < -0.4 is 10.3 Å². The van der Waals surface area contributed by atoms with Crippen molar-refractivity contribution in [2.45, 2.75) is 12.7 Å². The Labute approximate surface area is 225 Å². The summed E-state index contributed by atoms with van der Waals surface area (Å²) in [6, 6.07) is 28.7. The van der Waals surface area contributed by atoms with Crippen LogP contribution in [0.15, 0.2) is 108 Å². The second kappa shape index (κ2) is 11.8. The first kappa shape index (κ1) is 27.4. The smallest absolute Gasteiger partial charge is 0.475 e. The fourth-order valence-electron chi connectivity index (χ4n) is 3.75. The number of alkyl halides is 3. The van der Waals surface area contributed by atoms with Gasteiger partial charge in [-0.2, -0.15) is 13.2 Å². The van der Waals surface area contributed by atoms with Gasteiger partial charge < -0.3 is 14.4 Å². The summed E-state index contributed by atoms with van der Waals surface area (Å²) >= 11 is 6.39. The van der Waals surface area contributed by atoms with Crippen molar-refractivity contribution in [2.75, 3.05) is 0 Å². The molecule has 0 fully saturated rings. The molecule has 0 atom stereocenters. The maximum Gasteiger partial charge on any atom is 0.490 e. The van der Waals surface area contributed by atoms with E-state index >= 15 is 0 Å². The molecule has 0 amide bonds. The maximum absolute atomic E-state index is 13.5. The standard InChI is InChI=1S/C27H19ClN2O2.C2HF3O2/c28-24-10-4-7-21-16-25(30(27(31)26(21)24)18-19-6-5-15-29-17-19)20-11-13-23(14-12-20)32-22-8-2-1-3-9-22;3-2(4,5)1(6)7/h1-17H,18H2;(H,6,7). The summed E-state index contributed by atoms with van der Waals surface area (Å²) < 4.78 is 39.4. The molecule has 0 radical (unpaired) electrons. The van der Waals surface area contributed by atoms with Crippen molar-refractivity contribution in [2.24, 2.45) is 0 Å². The molecule has 0 spiro atoms. The van der Waals surface area contributed by atoms with Crippen LogP contribution in [0.1, 0.15) is 5.56 Å². The Morgan fingerprint density at radius 1 is 0.923 bits per heavy atom. The zero-order valence-electron chi connectivity index (χ0n) is 20.1. The first-order chi connectivity index (χ1) is 18.6. The van der Waals surface area contributed by atoms with Crippen molar-refractivity contribution in [3.63, 3.8) is 0 Å². The number of carbonyl (C=O) groups is 1. The Kier molecular flexibility index (Phi) is 8.31. The first-order valence-corrected chi connectivity index (χ1v) is 11.9. The van der Waals surface area contributed by atoms with E-state index in [1.54, 1.807) is 23.0 Å². The number of hydrogen-bond acceptors (Lipinski definition) is 4. The molecular weight excluding hydrogens is 533 g/mol. The van der Waals surface area contributed by atoms with Gasteiger partial charge in [-0.1, -0.05) is 48.0 Å². The molecule has 3 aromatic carbocycles. The van der Waals surface area contributed by atoms with Crippen LogP contribution >= 0.6 is 11.6 Å². The highest BCUT2D eigenvalue weighted by atomic mass is 35.5. The number of aromatic nitrogens is 2. The van der Waals surface area contributed by atoms with E-state index in [4.69, 9.17) is 26.2 Å². The van der Waals surface area contributed by atoms with Gasteiger partial charge in [-0.05, 0) is 71.1 Å². The maximum atomic E-state index is 13.5. The minimum atomic E-state index is -5.08. The number of ether oxygens (including phenoxy) is 1. The van der Waals surface area contributed by atoms with Crippen molar-refractivity contribution in [1.82, 2.24) is 9.55 Å². The van der Waals surface area contributed by atoms with E-state index in [1.165, 1.54) is 0 Å². The summed E-state index contributed by atoms with van der Waals surface area (Å²) in [6.45, 7) is 0.394.